The van der Waals surface area contributed by atoms with Crippen LogP contribution in [0.25, 0.3) is 0 Å². The highest BCUT2D eigenvalue weighted by Crippen LogP contribution is 2.16. The quantitative estimate of drug-likeness (QED) is 0.878. The normalized spacial score (nSPS) is 19.6. The van der Waals surface area contributed by atoms with Gasteiger partial charge in [0.15, 0.2) is 0 Å². The standard InChI is InChI=1S/C14H16BrFN2O2/c1-8(6-9-2-3-10(15)7-11(9)16)17-14(20)12-4-5-13(19)18-12/h2-3,7-8,12H,4-6H2,1H3,(H,17,20)(H,18,19)/t8-,12-/m0/s1. The monoisotopic (exact) mass is 342 g/mol. The molecule has 2 amide bonds. The molecule has 1 aromatic carbocycles. The topological polar surface area (TPSA) is 58.2 Å². The van der Waals surface area contributed by atoms with Crippen LogP contribution in [0.2, 0.25) is 0 Å². The first-order chi connectivity index (χ1) is 9.45. The molecule has 6 heteroatoms. The third kappa shape index (κ3) is 3.79. The van der Waals surface area contributed by atoms with E-state index in [9.17, 15) is 14.0 Å². The number of hydrogen-bond acceptors (Lipinski definition) is 2. The van der Waals surface area contributed by atoms with Crippen molar-refractivity contribution in [2.24, 2.45) is 0 Å². The van der Waals surface area contributed by atoms with Crippen molar-refractivity contribution in [2.75, 3.05) is 0 Å². The number of hydrogen-bond donors (Lipinski definition) is 2. The Bertz CT molecular complexity index is 536. The molecule has 1 fully saturated rings. The van der Waals surface area contributed by atoms with E-state index in [1.54, 1.807) is 12.1 Å². The summed E-state index contributed by atoms with van der Waals surface area (Å²) in [6, 6.07) is 4.21. The lowest BCUT2D eigenvalue weighted by molar-refractivity contribution is -0.126. The summed E-state index contributed by atoms with van der Waals surface area (Å²) in [6.07, 6.45) is 1.31. The van der Waals surface area contributed by atoms with Crippen LogP contribution in [0.15, 0.2) is 22.7 Å². The molecule has 2 atom stereocenters. The third-order valence-electron chi connectivity index (χ3n) is 3.24. The van der Waals surface area contributed by atoms with Crippen molar-refractivity contribution in [2.45, 2.75) is 38.3 Å². The Morgan fingerprint density at radius 2 is 2.35 bits per heavy atom. The van der Waals surface area contributed by atoms with E-state index in [0.717, 1.165) is 0 Å². The van der Waals surface area contributed by atoms with Gasteiger partial charge in [-0.3, -0.25) is 9.59 Å². The first kappa shape index (κ1) is 15.0. The number of halogens is 2. The van der Waals surface area contributed by atoms with Gasteiger partial charge >= 0.3 is 0 Å². The molecule has 1 aliphatic rings. The maximum Gasteiger partial charge on any atom is 0.242 e. The van der Waals surface area contributed by atoms with Crippen molar-refractivity contribution < 1.29 is 14.0 Å². The van der Waals surface area contributed by atoms with Gasteiger partial charge in [0, 0.05) is 16.9 Å². The van der Waals surface area contributed by atoms with Crippen LogP contribution in [0, 0.1) is 5.82 Å². The summed E-state index contributed by atoms with van der Waals surface area (Å²) >= 11 is 3.20. The smallest absolute Gasteiger partial charge is 0.242 e. The molecule has 0 radical (unpaired) electrons. The maximum atomic E-state index is 13.7. The van der Waals surface area contributed by atoms with E-state index in [-0.39, 0.29) is 23.7 Å². The summed E-state index contributed by atoms with van der Waals surface area (Å²) < 4.78 is 14.4. The Kier molecular flexibility index (Phi) is 4.75. The molecule has 1 saturated heterocycles. The van der Waals surface area contributed by atoms with Crippen molar-refractivity contribution in [1.82, 2.24) is 10.6 Å². The third-order valence-corrected chi connectivity index (χ3v) is 3.73. The van der Waals surface area contributed by atoms with E-state index in [1.165, 1.54) is 6.07 Å². The van der Waals surface area contributed by atoms with Crippen LogP contribution in [-0.2, 0) is 16.0 Å². The van der Waals surface area contributed by atoms with Crippen molar-refractivity contribution in [3.63, 3.8) is 0 Å². The minimum Gasteiger partial charge on any atom is -0.352 e. The summed E-state index contributed by atoms with van der Waals surface area (Å²) in [4.78, 5) is 23.0. The van der Waals surface area contributed by atoms with E-state index in [1.807, 2.05) is 6.92 Å². The summed E-state index contributed by atoms with van der Waals surface area (Å²) in [5, 5.41) is 5.41. The van der Waals surface area contributed by atoms with Crippen LogP contribution in [0.3, 0.4) is 0 Å². The zero-order valence-corrected chi connectivity index (χ0v) is 12.7. The van der Waals surface area contributed by atoms with Gasteiger partial charge in [-0.25, -0.2) is 4.39 Å². The summed E-state index contributed by atoms with van der Waals surface area (Å²) in [7, 11) is 0. The Hall–Kier alpha value is -1.43. The Morgan fingerprint density at radius 1 is 1.60 bits per heavy atom. The number of carbonyl (C=O) groups excluding carboxylic acids is 2. The van der Waals surface area contributed by atoms with Gasteiger partial charge in [-0.1, -0.05) is 22.0 Å². The fourth-order valence-electron chi connectivity index (χ4n) is 2.22. The second-order valence-corrected chi connectivity index (χ2v) is 5.92. The van der Waals surface area contributed by atoms with Crippen molar-refractivity contribution in [3.8, 4) is 0 Å². The predicted molar refractivity (Wildman–Crippen MR) is 76.6 cm³/mol. The van der Waals surface area contributed by atoms with E-state index >= 15 is 0 Å². The summed E-state index contributed by atoms with van der Waals surface area (Å²) in [6.45, 7) is 1.82. The van der Waals surface area contributed by atoms with Crippen LogP contribution < -0.4 is 10.6 Å². The molecular formula is C14H16BrFN2O2. The van der Waals surface area contributed by atoms with Gasteiger partial charge in [0.05, 0.1) is 0 Å². The zero-order valence-electron chi connectivity index (χ0n) is 11.1. The number of carbonyl (C=O) groups is 2. The van der Waals surface area contributed by atoms with Gasteiger partial charge < -0.3 is 10.6 Å². The second kappa shape index (κ2) is 6.35. The average Bonchev–Trinajstić information content (AvgIpc) is 2.79. The van der Waals surface area contributed by atoms with Gasteiger partial charge in [-0.05, 0) is 37.5 Å². The first-order valence-electron chi connectivity index (χ1n) is 6.49. The Labute approximate surface area is 125 Å². The van der Waals surface area contributed by atoms with Crippen LogP contribution in [0.4, 0.5) is 4.39 Å². The van der Waals surface area contributed by atoms with Crippen LogP contribution in [0.1, 0.15) is 25.3 Å². The van der Waals surface area contributed by atoms with Gasteiger partial charge in [0.1, 0.15) is 11.9 Å². The Balaban J connectivity index is 1.90. The largest absolute Gasteiger partial charge is 0.352 e. The lowest BCUT2D eigenvalue weighted by atomic mass is 10.1. The van der Waals surface area contributed by atoms with E-state index in [2.05, 4.69) is 26.6 Å². The number of nitrogens with one attached hydrogen (secondary N) is 2. The lowest BCUT2D eigenvalue weighted by Crippen LogP contribution is -2.45. The van der Waals surface area contributed by atoms with Gasteiger partial charge in [-0.15, -0.1) is 0 Å². The van der Waals surface area contributed by atoms with Gasteiger partial charge in [0.25, 0.3) is 0 Å². The number of benzene rings is 1. The number of rotatable bonds is 4. The molecule has 0 aromatic heterocycles. The fraction of sp³-hybridized carbons (Fsp3) is 0.429. The van der Waals surface area contributed by atoms with E-state index in [0.29, 0.717) is 29.3 Å². The van der Waals surface area contributed by atoms with E-state index < -0.39 is 6.04 Å². The molecule has 0 aliphatic carbocycles. The molecule has 1 aromatic rings. The molecule has 0 spiro atoms. The van der Waals surface area contributed by atoms with Crippen molar-refractivity contribution >= 4 is 27.7 Å². The second-order valence-electron chi connectivity index (χ2n) is 5.01. The molecule has 4 nitrogen and oxygen atoms in total. The molecule has 1 heterocycles. The van der Waals surface area contributed by atoms with Crippen molar-refractivity contribution in [3.05, 3.63) is 34.1 Å². The summed E-state index contributed by atoms with van der Waals surface area (Å²) in [5.41, 5.74) is 0.552. The van der Waals surface area contributed by atoms with Crippen LogP contribution >= 0.6 is 15.9 Å². The SMILES string of the molecule is C[C@@H](Cc1ccc(Br)cc1F)NC(=O)[C@@H]1CCC(=O)N1. The minimum absolute atomic E-state index is 0.100. The van der Waals surface area contributed by atoms with Gasteiger partial charge in [0.2, 0.25) is 11.8 Å². The fourth-order valence-corrected chi connectivity index (χ4v) is 2.56. The maximum absolute atomic E-state index is 13.7. The molecule has 0 unspecified atom stereocenters. The molecular weight excluding hydrogens is 327 g/mol. The summed E-state index contributed by atoms with van der Waals surface area (Å²) in [5.74, 6) is -0.604. The Morgan fingerprint density at radius 3 is 2.95 bits per heavy atom. The highest BCUT2D eigenvalue weighted by atomic mass is 79.9. The molecule has 1 aliphatic heterocycles. The molecule has 2 rings (SSSR count). The lowest BCUT2D eigenvalue weighted by Gasteiger charge is -2.17. The highest BCUT2D eigenvalue weighted by molar-refractivity contribution is 9.10. The molecule has 0 saturated carbocycles. The van der Waals surface area contributed by atoms with Crippen molar-refractivity contribution in [1.29, 1.82) is 0 Å². The van der Waals surface area contributed by atoms with Crippen LogP contribution in [-0.4, -0.2) is 23.9 Å². The molecule has 2 N–H and O–H groups in total. The van der Waals surface area contributed by atoms with Gasteiger partial charge in [-0.2, -0.15) is 0 Å². The average molecular weight is 343 g/mol. The first-order valence-corrected chi connectivity index (χ1v) is 7.28. The minimum atomic E-state index is -0.459. The zero-order chi connectivity index (χ0) is 14.7. The molecule has 0 bridgehead atoms. The number of amides is 2. The van der Waals surface area contributed by atoms with E-state index in [4.69, 9.17) is 0 Å². The van der Waals surface area contributed by atoms with Crippen LogP contribution in [0.5, 0.6) is 0 Å². The highest BCUT2D eigenvalue weighted by Gasteiger charge is 2.27. The molecule has 20 heavy (non-hydrogen) atoms. The predicted octanol–water partition coefficient (Wildman–Crippen LogP) is 1.91. The molecule has 108 valence electrons.